The third kappa shape index (κ3) is 3.32. The van der Waals surface area contributed by atoms with Crippen LogP contribution in [0.4, 0.5) is 11.4 Å². The molecule has 2 nitrogen and oxygen atoms in total. The topological polar surface area (TPSA) is 25.2 Å². The highest BCUT2D eigenvalue weighted by Crippen LogP contribution is 2.33. The van der Waals surface area contributed by atoms with Crippen molar-refractivity contribution < 1.29 is 4.42 Å². The second-order valence-electron chi connectivity index (χ2n) is 7.92. The van der Waals surface area contributed by atoms with Crippen LogP contribution in [0.1, 0.15) is 0 Å². The Hall–Kier alpha value is -4.30. The number of hydrogen-bond acceptors (Lipinski definition) is 2. The van der Waals surface area contributed by atoms with Crippen molar-refractivity contribution in [2.24, 2.45) is 0 Å². The van der Waals surface area contributed by atoms with E-state index in [-0.39, 0.29) is 0 Å². The van der Waals surface area contributed by atoms with E-state index in [0.717, 1.165) is 44.4 Å². The van der Waals surface area contributed by atoms with E-state index in [1.807, 2.05) is 24.3 Å². The summed E-state index contributed by atoms with van der Waals surface area (Å²) >= 11 is 0. The van der Waals surface area contributed by atoms with E-state index in [9.17, 15) is 0 Å². The Morgan fingerprint density at radius 3 is 2.03 bits per heavy atom. The average Bonchev–Trinajstić information content (AvgIpc) is 3.23. The van der Waals surface area contributed by atoms with Crippen molar-refractivity contribution in [3.05, 3.63) is 121 Å². The molecule has 0 aliphatic heterocycles. The molecule has 0 atom stereocenters. The molecule has 32 heavy (non-hydrogen) atoms. The normalized spacial score (nSPS) is 11.1. The van der Waals surface area contributed by atoms with Gasteiger partial charge in [0.05, 0.1) is 0 Å². The fourth-order valence-corrected chi connectivity index (χ4v) is 4.27. The fraction of sp³-hybridized carbons (Fsp3) is 0. The van der Waals surface area contributed by atoms with Gasteiger partial charge in [-0.3, -0.25) is 0 Å². The number of furan rings is 1. The van der Waals surface area contributed by atoms with E-state index in [1.54, 1.807) is 0 Å². The van der Waals surface area contributed by atoms with Gasteiger partial charge in [0.15, 0.2) is 0 Å². The van der Waals surface area contributed by atoms with Gasteiger partial charge in [0.1, 0.15) is 11.2 Å². The standard InChI is InChI=1S/C30H21NO/c1-2-8-22(9-3-1)25-10-4-6-12-28(25)31-24-17-14-21(15-18-24)23-16-19-27-26-11-5-7-13-29(26)32-30(27)20-23/h1-20,31H. The zero-order chi connectivity index (χ0) is 21.3. The molecular weight excluding hydrogens is 390 g/mol. The molecule has 0 aliphatic rings. The highest BCUT2D eigenvalue weighted by Gasteiger charge is 2.09. The summed E-state index contributed by atoms with van der Waals surface area (Å²) in [6.45, 7) is 0. The summed E-state index contributed by atoms with van der Waals surface area (Å²) in [5, 5.41) is 5.89. The molecule has 2 heteroatoms. The number of rotatable bonds is 4. The molecule has 0 amide bonds. The molecule has 0 radical (unpaired) electrons. The van der Waals surface area contributed by atoms with E-state index in [2.05, 4.69) is 102 Å². The molecule has 6 aromatic rings. The molecule has 0 saturated carbocycles. The van der Waals surface area contributed by atoms with Gasteiger partial charge in [-0.1, -0.05) is 84.9 Å². The number of benzene rings is 5. The number of anilines is 2. The molecule has 6 rings (SSSR count). The molecule has 1 aromatic heterocycles. The van der Waals surface area contributed by atoms with E-state index < -0.39 is 0 Å². The van der Waals surface area contributed by atoms with Crippen molar-refractivity contribution >= 4 is 33.3 Å². The fourth-order valence-electron chi connectivity index (χ4n) is 4.27. The van der Waals surface area contributed by atoms with Crippen LogP contribution in [0.15, 0.2) is 126 Å². The van der Waals surface area contributed by atoms with Gasteiger partial charge in [0.2, 0.25) is 0 Å². The minimum atomic E-state index is 0.919. The van der Waals surface area contributed by atoms with Crippen LogP contribution >= 0.6 is 0 Å². The average molecular weight is 412 g/mol. The molecule has 0 bridgehead atoms. The third-order valence-electron chi connectivity index (χ3n) is 5.89. The summed E-state index contributed by atoms with van der Waals surface area (Å²) in [6, 6.07) is 42.0. The summed E-state index contributed by atoms with van der Waals surface area (Å²) < 4.78 is 6.06. The van der Waals surface area contributed by atoms with Crippen LogP contribution in [-0.4, -0.2) is 0 Å². The molecule has 0 aliphatic carbocycles. The Balaban J connectivity index is 1.30. The molecule has 5 aromatic carbocycles. The Kier molecular flexibility index (Phi) is 4.47. The zero-order valence-electron chi connectivity index (χ0n) is 17.5. The van der Waals surface area contributed by atoms with Crippen LogP contribution in [0.2, 0.25) is 0 Å². The first kappa shape index (κ1) is 18.5. The predicted octanol–water partition coefficient (Wildman–Crippen LogP) is 8.66. The molecular formula is C30H21NO. The molecule has 1 heterocycles. The monoisotopic (exact) mass is 411 g/mol. The molecule has 1 N–H and O–H groups in total. The second kappa shape index (κ2) is 7.75. The van der Waals surface area contributed by atoms with Crippen molar-refractivity contribution in [1.29, 1.82) is 0 Å². The molecule has 152 valence electrons. The van der Waals surface area contributed by atoms with Gasteiger partial charge in [-0.25, -0.2) is 0 Å². The van der Waals surface area contributed by atoms with Crippen LogP contribution in [0.5, 0.6) is 0 Å². The maximum atomic E-state index is 6.06. The predicted molar refractivity (Wildman–Crippen MR) is 134 cm³/mol. The number of hydrogen-bond donors (Lipinski definition) is 1. The van der Waals surface area contributed by atoms with Crippen molar-refractivity contribution in [3.63, 3.8) is 0 Å². The Morgan fingerprint density at radius 1 is 0.469 bits per heavy atom. The quantitative estimate of drug-likeness (QED) is 0.314. The first-order valence-electron chi connectivity index (χ1n) is 10.8. The van der Waals surface area contributed by atoms with Crippen LogP contribution in [0.25, 0.3) is 44.2 Å². The van der Waals surface area contributed by atoms with Gasteiger partial charge in [-0.2, -0.15) is 0 Å². The van der Waals surface area contributed by atoms with Crippen LogP contribution in [0, 0.1) is 0 Å². The minimum Gasteiger partial charge on any atom is -0.456 e. The van der Waals surface area contributed by atoms with Crippen LogP contribution < -0.4 is 5.32 Å². The number of nitrogens with one attached hydrogen (secondary N) is 1. The maximum absolute atomic E-state index is 6.06. The lowest BCUT2D eigenvalue weighted by Gasteiger charge is -2.13. The summed E-state index contributed by atoms with van der Waals surface area (Å²) in [6.07, 6.45) is 0. The van der Waals surface area contributed by atoms with Crippen LogP contribution in [0.3, 0.4) is 0 Å². The number of fused-ring (bicyclic) bond motifs is 3. The summed E-state index contributed by atoms with van der Waals surface area (Å²) in [7, 11) is 0. The van der Waals surface area contributed by atoms with Gasteiger partial charge in [-0.05, 0) is 53.1 Å². The first-order valence-corrected chi connectivity index (χ1v) is 10.8. The second-order valence-corrected chi connectivity index (χ2v) is 7.92. The molecule has 0 saturated heterocycles. The maximum Gasteiger partial charge on any atom is 0.136 e. The van der Waals surface area contributed by atoms with Gasteiger partial charge in [-0.15, -0.1) is 0 Å². The summed E-state index contributed by atoms with van der Waals surface area (Å²) in [5.74, 6) is 0. The highest BCUT2D eigenvalue weighted by atomic mass is 16.3. The van der Waals surface area contributed by atoms with Gasteiger partial charge >= 0.3 is 0 Å². The van der Waals surface area contributed by atoms with Gasteiger partial charge in [0.25, 0.3) is 0 Å². The lowest BCUT2D eigenvalue weighted by molar-refractivity contribution is 0.669. The lowest BCUT2D eigenvalue weighted by atomic mass is 10.0. The Morgan fingerprint density at radius 2 is 1.16 bits per heavy atom. The summed E-state index contributed by atoms with van der Waals surface area (Å²) in [4.78, 5) is 0. The molecule has 0 spiro atoms. The third-order valence-corrected chi connectivity index (χ3v) is 5.89. The molecule has 0 fully saturated rings. The van der Waals surface area contributed by atoms with Crippen molar-refractivity contribution in [2.45, 2.75) is 0 Å². The van der Waals surface area contributed by atoms with Crippen molar-refractivity contribution in [3.8, 4) is 22.3 Å². The zero-order valence-corrected chi connectivity index (χ0v) is 17.5. The van der Waals surface area contributed by atoms with Crippen molar-refractivity contribution in [2.75, 3.05) is 5.32 Å². The summed E-state index contributed by atoms with van der Waals surface area (Å²) in [5.41, 5.74) is 8.69. The lowest BCUT2D eigenvalue weighted by Crippen LogP contribution is -1.93. The highest BCUT2D eigenvalue weighted by molar-refractivity contribution is 6.05. The Bertz CT molecular complexity index is 1530. The Labute approximate surface area is 186 Å². The SMILES string of the molecule is c1ccc(-c2ccccc2Nc2ccc(-c3ccc4c(c3)oc3ccccc34)cc2)cc1. The van der Waals surface area contributed by atoms with Crippen molar-refractivity contribution in [1.82, 2.24) is 0 Å². The van der Waals surface area contributed by atoms with Gasteiger partial charge < -0.3 is 9.73 Å². The smallest absolute Gasteiger partial charge is 0.136 e. The van der Waals surface area contributed by atoms with E-state index in [4.69, 9.17) is 4.42 Å². The van der Waals surface area contributed by atoms with Gasteiger partial charge in [0, 0.05) is 27.7 Å². The minimum absolute atomic E-state index is 0.919. The van der Waals surface area contributed by atoms with E-state index in [0.29, 0.717) is 0 Å². The first-order chi connectivity index (χ1) is 15.8. The largest absolute Gasteiger partial charge is 0.456 e. The number of para-hydroxylation sites is 2. The molecule has 0 unspecified atom stereocenters. The van der Waals surface area contributed by atoms with Crippen LogP contribution in [-0.2, 0) is 0 Å². The van der Waals surface area contributed by atoms with E-state index >= 15 is 0 Å². The van der Waals surface area contributed by atoms with E-state index in [1.165, 1.54) is 11.1 Å².